The number of aliphatic imine (C=N–C) groups is 1. The van der Waals surface area contributed by atoms with E-state index in [9.17, 15) is 22.4 Å². The average molecular weight is 623 g/mol. The van der Waals surface area contributed by atoms with E-state index in [1.54, 1.807) is 18.5 Å². The number of hydrogen-bond donors (Lipinski definition) is 1. The van der Waals surface area contributed by atoms with E-state index in [2.05, 4.69) is 19.9 Å². The number of nitrogens with zero attached hydrogens (tertiary/aromatic N) is 5. The number of aromatic nitrogens is 2. The number of anilines is 1. The zero-order valence-corrected chi connectivity index (χ0v) is 24.7. The number of nitrogens with one attached hydrogen (secondary N) is 1. The summed E-state index contributed by atoms with van der Waals surface area (Å²) < 4.78 is 60.2. The second-order valence-corrected chi connectivity index (χ2v) is 12.0. The van der Waals surface area contributed by atoms with Crippen LogP contribution >= 0.6 is 11.6 Å². The summed E-state index contributed by atoms with van der Waals surface area (Å²) in [5, 5.41) is 8.07. The Bertz CT molecular complexity index is 1350. The van der Waals surface area contributed by atoms with Crippen molar-refractivity contribution in [2.45, 2.75) is 44.7 Å². The van der Waals surface area contributed by atoms with Gasteiger partial charge in [-0.2, -0.15) is 13.2 Å². The molecule has 5 rings (SSSR count). The summed E-state index contributed by atoms with van der Waals surface area (Å²) in [5.41, 5.74) is -1.04. The van der Waals surface area contributed by atoms with Crippen molar-refractivity contribution in [3.8, 4) is 5.75 Å². The Morgan fingerprint density at radius 1 is 1.19 bits per heavy atom. The Hall–Kier alpha value is -3.28. The quantitative estimate of drug-likeness (QED) is 0.289. The highest BCUT2D eigenvalue weighted by molar-refractivity contribution is 6.30. The maximum Gasteiger partial charge on any atom is 0.429 e. The van der Waals surface area contributed by atoms with Gasteiger partial charge in [0.05, 0.1) is 36.4 Å². The van der Waals surface area contributed by atoms with Crippen LogP contribution in [0, 0.1) is 34.9 Å². The minimum Gasteiger partial charge on any atom is -0.493 e. The van der Waals surface area contributed by atoms with Crippen LogP contribution in [0.5, 0.6) is 5.75 Å². The molecule has 0 bridgehead atoms. The Morgan fingerprint density at radius 2 is 1.91 bits per heavy atom. The van der Waals surface area contributed by atoms with Crippen LogP contribution in [0.2, 0.25) is 5.02 Å². The van der Waals surface area contributed by atoms with Crippen LogP contribution in [0.4, 0.5) is 23.5 Å². The van der Waals surface area contributed by atoms with Crippen molar-refractivity contribution in [3.63, 3.8) is 0 Å². The average Bonchev–Trinajstić information content (AvgIpc) is 3.77. The molecule has 232 valence electrons. The fourth-order valence-corrected chi connectivity index (χ4v) is 6.43. The smallest absolute Gasteiger partial charge is 0.429 e. The number of benzene rings is 1. The van der Waals surface area contributed by atoms with E-state index in [-0.39, 0.29) is 37.2 Å². The van der Waals surface area contributed by atoms with E-state index in [4.69, 9.17) is 21.7 Å². The van der Waals surface area contributed by atoms with Gasteiger partial charge in [0.25, 0.3) is 0 Å². The second kappa shape index (κ2) is 13.2. The minimum absolute atomic E-state index is 0.139. The van der Waals surface area contributed by atoms with E-state index in [0.29, 0.717) is 41.1 Å². The zero-order chi connectivity index (χ0) is 30.7. The summed E-state index contributed by atoms with van der Waals surface area (Å²) in [6, 6.07) is 4.35. The van der Waals surface area contributed by atoms with Crippen molar-refractivity contribution in [2.75, 3.05) is 44.7 Å². The predicted molar refractivity (Wildman–Crippen MR) is 156 cm³/mol. The zero-order valence-electron chi connectivity index (χ0n) is 23.9. The Labute approximate surface area is 253 Å². The van der Waals surface area contributed by atoms with Gasteiger partial charge in [0, 0.05) is 51.4 Å². The summed E-state index contributed by atoms with van der Waals surface area (Å²) >= 11 is 5.89. The molecule has 1 aliphatic carbocycles. The molecule has 3 atom stereocenters. The van der Waals surface area contributed by atoms with Gasteiger partial charge < -0.3 is 14.5 Å². The molecular weight excluding hydrogens is 588 g/mol. The number of halogens is 5. The van der Waals surface area contributed by atoms with Gasteiger partial charge in [0.15, 0.2) is 0 Å². The van der Waals surface area contributed by atoms with Crippen LogP contribution in [-0.4, -0.2) is 78.2 Å². The van der Waals surface area contributed by atoms with E-state index in [1.807, 2.05) is 0 Å². The number of alkyl halides is 3. The topological polar surface area (TPSA) is 94.8 Å². The standard InChI is InChI=1S/C30H35ClF4N6O2/c1-37-26-6-10-41(17-24(26)28(36)30(33,34)35)27(42)13-20-2-3-22(14-25(20)32)43-11-7-19-12-23(19)18-4-8-40(9-5-18)29-38-15-21(31)16-39-29/h2-3,14-16,18-19,23-24,36H,4-13,17H2,1H3. The molecule has 2 aromatic rings. The molecule has 0 spiro atoms. The van der Waals surface area contributed by atoms with Gasteiger partial charge in [0.2, 0.25) is 11.9 Å². The molecule has 2 aliphatic heterocycles. The van der Waals surface area contributed by atoms with Crippen LogP contribution < -0.4 is 9.64 Å². The first-order chi connectivity index (χ1) is 20.5. The molecule has 1 aromatic carbocycles. The Kier molecular flexibility index (Phi) is 9.53. The summed E-state index contributed by atoms with van der Waals surface area (Å²) in [5.74, 6) is 0.625. The lowest BCUT2D eigenvalue weighted by Gasteiger charge is -2.34. The third-order valence-corrected chi connectivity index (χ3v) is 9.07. The van der Waals surface area contributed by atoms with Crippen LogP contribution in [-0.2, 0) is 11.2 Å². The first-order valence-corrected chi connectivity index (χ1v) is 14.9. The van der Waals surface area contributed by atoms with E-state index in [1.165, 1.54) is 30.5 Å². The van der Waals surface area contributed by atoms with Crippen LogP contribution in [0.15, 0.2) is 35.6 Å². The minimum atomic E-state index is -4.80. The van der Waals surface area contributed by atoms with Gasteiger partial charge in [-0.1, -0.05) is 17.7 Å². The van der Waals surface area contributed by atoms with E-state index in [0.717, 1.165) is 32.4 Å². The highest BCUT2D eigenvalue weighted by Crippen LogP contribution is 2.50. The Morgan fingerprint density at radius 3 is 2.56 bits per heavy atom. The van der Waals surface area contributed by atoms with Crippen LogP contribution in [0.25, 0.3) is 0 Å². The van der Waals surface area contributed by atoms with Gasteiger partial charge in [-0.25, -0.2) is 14.4 Å². The number of ether oxygens (including phenoxy) is 1. The first-order valence-electron chi connectivity index (χ1n) is 14.6. The summed E-state index contributed by atoms with van der Waals surface area (Å²) in [6.45, 7) is 2.18. The van der Waals surface area contributed by atoms with Crippen molar-refractivity contribution in [2.24, 2.45) is 28.7 Å². The number of amides is 1. The number of piperidine rings is 2. The molecule has 43 heavy (non-hydrogen) atoms. The summed E-state index contributed by atoms with van der Waals surface area (Å²) in [7, 11) is 1.38. The predicted octanol–water partition coefficient (Wildman–Crippen LogP) is 5.63. The second-order valence-electron chi connectivity index (χ2n) is 11.5. The first kappa shape index (κ1) is 31.2. The maximum absolute atomic E-state index is 14.9. The highest BCUT2D eigenvalue weighted by atomic mass is 35.5. The third-order valence-electron chi connectivity index (χ3n) is 8.87. The van der Waals surface area contributed by atoms with Crippen molar-refractivity contribution >= 4 is 34.9 Å². The van der Waals surface area contributed by atoms with Gasteiger partial charge in [0.1, 0.15) is 17.3 Å². The van der Waals surface area contributed by atoms with E-state index < -0.39 is 29.5 Å². The highest BCUT2D eigenvalue weighted by Gasteiger charge is 2.44. The van der Waals surface area contributed by atoms with Crippen molar-refractivity contribution in [1.29, 1.82) is 5.41 Å². The lowest BCUT2D eigenvalue weighted by molar-refractivity contribution is -0.131. The largest absolute Gasteiger partial charge is 0.493 e. The van der Waals surface area contributed by atoms with Crippen molar-refractivity contribution < 1.29 is 27.1 Å². The summed E-state index contributed by atoms with van der Waals surface area (Å²) in [4.78, 5) is 28.8. The molecule has 8 nitrogen and oxygen atoms in total. The number of rotatable bonds is 9. The molecule has 3 aliphatic rings. The molecule has 3 heterocycles. The van der Waals surface area contributed by atoms with Gasteiger partial charge in [-0.05, 0) is 55.1 Å². The number of carbonyl (C=O) groups is 1. The normalized spacial score (nSPS) is 23.9. The number of likely N-dealkylation sites (tertiary alicyclic amines) is 1. The fourth-order valence-electron chi connectivity index (χ4n) is 6.33. The Balaban J connectivity index is 1.05. The van der Waals surface area contributed by atoms with Crippen molar-refractivity contribution in [1.82, 2.24) is 14.9 Å². The molecule has 1 aromatic heterocycles. The molecule has 0 radical (unpaired) electrons. The lowest BCUT2D eigenvalue weighted by Crippen LogP contribution is -2.50. The SMILES string of the molecule is CN=C1CCN(C(=O)Cc2ccc(OCCC3CC3C3CCN(c4ncc(Cl)cn4)CC3)cc2F)CC1C(=N)C(F)(F)F. The molecular formula is C30H35ClF4N6O2. The molecule has 1 amide bonds. The van der Waals surface area contributed by atoms with Crippen LogP contribution in [0.1, 0.15) is 37.7 Å². The maximum atomic E-state index is 14.9. The fraction of sp³-hybridized carbons (Fsp3) is 0.567. The van der Waals surface area contributed by atoms with Crippen molar-refractivity contribution in [3.05, 3.63) is 47.0 Å². The number of hydrogen-bond acceptors (Lipinski definition) is 7. The van der Waals surface area contributed by atoms with Gasteiger partial charge in [-0.15, -0.1) is 0 Å². The molecule has 2 saturated heterocycles. The molecule has 3 fully saturated rings. The monoisotopic (exact) mass is 622 g/mol. The van der Waals surface area contributed by atoms with Crippen LogP contribution in [0.3, 0.4) is 0 Å². The third kappa shape index (κ3) is 7.63. The molecule has 1 saturated carbocycles. The van der Waals surface area contributed by atoms with E-state index >= 15 is 0 Å². The molecule has 3 unspecified atom stereocenters. The molecule has 1 N–H and O–H groups in total. The lowest BCUT2D eigenvalue weighted by atomic mass is 9.90. The number of carbonyl (C=O) groups excluding carboxylic acids is 1. The van der Waals surface area contributed by atoms with Gasteiger partial charge >= 0.3 is 6.18 Å². The summed E-state index contributed by atoms with van der Waals surface area (Å²) in [6.07, 6.45) is 2.53. The van der Waals surface area contributed by atoms with Gasteiger partial charge in [-0.3, -0.25) is 15.2 Å². The molecule has 13 heteroatoms.